The molecule has 2 atom stereocenters. The summed E-state index contributed by atoms with van der Waals surface area (Å²) >= 11 is 3.27. The number of ketones is 1. The van der Waals surface area contributed by atoms with Gasteiger partial charge in [0.1, 0.15) is 0 Å². The van der Waals surface area contributed by atoms with Gasteiger partial charge in [0.2, 0.25) is 0 Å². The monoisotopic (exact) mass is 399 g/mol. The highest BCUT2D eigenvalue weighted by Gasteiger charge is 2.41. The van der Waals surface area contributed by atoms with Crippen molar-refractivity contribution in [2.24, 2.45) is 0 Å². The van der Waals surface area contributed by atoms with Crippen LogP contribution in [0.1, 0.15) is 49.0 Å². The zero-order valence-corrected chi connectivity index (χ0v) is 16.9. The van der Waals surface area contributed by atoms with E-state index in [1.165, 1.54) is 4.88 Å². The molecule has 27 heavy (non-hydrogen) atoms. The van der Waals surface area contributed by atoms with E-state index in [1.807, 2.05) is 29.8 Å². The molecule has 3 heterocycles. The average molecular weight is 400 g/mol. The molecule has 0 aromatic carbocycles. The van der Waals surface area contributed by atoms with Crippen LogP contribution in [0.3, 0.4) is 0 Å². The number of carbonyl (C=O) groups excluding carboxylic acids is 2. The largest absolute Gasteiger partial charge is 0.463 e. The fourth-order valence-electron chi connectivity index (χ4n) is 4.02. The van der Waals surface area contributed by atoms with Crippen molar-refractivity contribution in [3.63, 3.8) is 0 Å². The molecule has 2 aliphatic rings. The minimum Gasteiger partial charge on any atom is -0.463 e. The molecule has 2 aromatic rings. The molecule has 0 unspecified atom stereocenters. The number of Topliss-reactive ketones (excluding diaryl/α,β-unsaturated/α-hetero) is 1. The third-order valence-electron chi connectivity index (χ3n) is 5.15. The molecule has 1 N–H and O–H groups in total. The predicted octanol–water partition coefficient (Wildman–Crippen LogP) is 4.73. The minimum atomic E-state index is -0.349. The second kappa shape index (κ2) is 7.44. The van der Waals surface area contributed by atoms with Crippen molar-refractivity contribution in [1.29, 1.82) is 0 Å². The van der Waals surface area contributed by atoms with E-state index in [4.69, 9.17) is 4.74 Å². The van der Waals surface area contributed by atoms with Crippen molar-refractivity contribution < 1.29 is 14.3 Å². The molecule has 4 rings (SSSR count). The maximum Gasteiger partial charge on any atom is 0.336 e. The summed E-state index contributed by atoms with van der Waals surface area (Å²) in [5, 5.41) is 9.42. The van der Waals surface area contributed by atoms with Gasteiger partial charge >= 0.3 is 5.97 Å². The van der Waals surface area contributed by atoms with Crippen molar-refractivity contribution in [3.8, 4) is 0 Å². The topological polar surface area (TPSA) is 55.4 Å². The predicted molar refractivity (Wildman–Crippen MR) is 108 cm³/mol. The molecule has 0 bridgehead atoms. The lowest BCUT2D eigenvalue weighted by molar-refractivity contribution is -0.138. The normalized spacial score (nSPS) is 22.5. The maximum atomic E-state index is 13.2. The van der Waals surface area contributed by atoms with Crippen LogP contribution in [0.2, 0.25) is 0 Å². The Bertz CT molecular complexity index is 923. The van der Waals surface area contributed by atoms with Crippen molar-refractivity contribution in [2.45, 2.75) is 38.5 Å². The highest BCUT2D eigenvalue weighted by Crippen LogP contribution is 2.46. The molecule has 2 aromatic heterocycles. The van der Waals surface area contributed by atoms with Gasteiger partial charge in [0.15, 0.2) is 5.78 Å². The van der Waals surface area contributed by atoms with Gasteiger partial charge < -0.3 is 10.1 Å². The fraction of sp³-hybridized carbons (Fsp3) is 0.333. The Hall–Kier alpha value is -2.18. The number of ether oxygens (including phenoxy) is 1. The first-order valence-electron chi connectivity index (χ1n) is 9.06. The summed E-state index contributed by atoms with van der Waals surface area (Å²) in [6.45, 7) is 4.01. The molecule has 1 aliphatic carbocycles. The summed E-state index contributed by atoms with van der Waals surface area (Å²) < 4.78 is 5.31. The number of allylic oxidation sites excluding steroid dienone is 3. The molecule has 0 saturated heterocycles. The first-order valence-corrected chi connectivity index (χ1v) is 10.9. The molecular weight excluding hydrogens is 378 g/mol. The lowest BCUT2D eigenvalue weighted by Gasteiger charge is -2.36. The summed E-state index contributed by atoms with van der Waals surface area (Å²) in [7, 11) is 0. The van der Waals surface area contributed by atoms with Crippen LogP contribution in [0.15, 0.2) is 56.9 Å². The number of esters is 1. The van der Waals surface area contributed by atoms with E-state index in [1.54, 1.807) is 29.6 Å². The van der Waals surface area contributed by atoms with Crippen molar-refractivity contribution in [2.75, 3.05) is 6.61 Å². The Balaban J connectivity index is 1.78. The van der Waals surface area contributed by atoms with Crippen LogP contribution in [-0.2, 0) is 14.3 Å². The van der Waals surface area contributed by atoms with Gasteiger partial charge in [-0.2, -0.15) is 11.3 Å². The van der Waals surface area contributed by atoms with E-state index >= 15 is 0 Å². The zero-order chi connectivity index (χ0) is 19.0. The number of hydrogen-bond acceptors (Lipinski definition) is 6. The molecular formula is C21H21NO3S2. The van der Waals surface area contributed by atoms with Gasteiger partial charge in [-0.1, -0.05) is 6.07 Å². The van der Waals surface area contributed by atoms with Gasteiger partial charge in [-0.05, 0) is 54.1 Å². The lowest BCUT2D eigenvalue weighted by atomic mass is 9.73. The molecule has 1 aliphatic heterocycles. The summed E-state index contributed by atoms with van der Waals surface area (Å²) in [6.07, 6.45) is 1.27. The molecule has 6 heteroatoms. The molecule has 0 saturated carbocycles. The Labute approximate surface area is 166 Å². The van der Waals surface area contributed by atoms with Crippen LogP contribution in [0.25, 0.3) is 0 Å². The lowest BCUT2D eigenvalue weighted by Crippen LogP contribution is -2.35. The van der Waals surface area contributed by atoms with Gasteiger partial charge in [-0.3, -0.25) is 4.79 Å². The second-order valence-electron chi connectivity index (χ2n) is 6.81. The average Bonchev–Trinajstić information content (AvgIpc) is 3.34. The SMILES string of the molecule is CCOC(=O)C1=C(C)NC2=C(C(=O)C[C@H](c3cccs3)C2)[C@@H]1c1ccsc1. The van der Waals surface area contributed by atoms with Crippen LogP contribution in [0.4, 0.5) is 0 Å². The standard InChI is InChI=1S/C21H21NO3S2/c1-3-25-21(24)18-12(2)22-15-9-14(17-5-4-7-27-17)10-16(23)20(15)19(18)13-6-8-26-11-13/h4-8,11,14,19,22H,3,9-10H2,1-2H3/t14-,19-/m1/s1. The van der Waals surface area contributed by atoms with E-state index < -0.39 is 0 Å². The molecule has 4 nitrogen and oxygen atoms in total. The number of rotatable bonds is 4. The summed E-state index contributed by atoms with van der Waals surface area (Å²) in [5.74, 6) is -0.377. The van der Waals surface area contributed by atoms with Crippen LogP contribution in [0, 0.1) is 0 Å². The highest BCUT2D eigenvalue weighted by molar-refractivity contribution is 7.10. The molecule has 140 valence electrons. The van der Waals surface area contributed by atoms with E-state index in [2.05, 4.69) is 16.8 Å². The van der Waals surface area contributed by atoms with Gasteiger partial charge in [0.25, 0.3) is 0 Å². The van der Waals surface area contributed by atoms with Gasteiger partial charge in [0, 0.05) is 40.1 Å². The highest BCUT2D eigenvalue weighted by atomic mass is 32.1. The smallest absolute Gasteiger partial charge is 0.336 e. The molecule has 0 spiro atoms. The van der Waals surface area contributed by atoms with E-state index in [0.29, 0.717) is 18.6 Å². The number of thiophene rings is 2. The van der Waals surface area contributed by atoms with Crippen LogP contribution in [0.5, 0.6) is 0 Å². The van der Waals surface area contributed by atoms with Gasteiger partial charge in [-0.15, -0.1) is 11.3 Å². The van der Waals surface area contributed by atoms with E-state index in [9.17, 15) is 9.59 Å². The first-order chi connectivity index (χ1) is 13.1. The summed E-state index contributed by atoms with van der Waals surface area (Å²) in [5.41, 5.74) is 4.00. The number of carbonyl (C=O) groups is 2. The first kappa shape index (κ1) is 18.2. The van der Waals surface area contributed by atoms with Crippen LogP contribution >= 0.6 is 22.7 Å². The number of nitrogens with one attached hydrogen (secondary N) is 1. The minimum absolute atomic E-state index is 0.118. The molecule has 0 radical (unpaired) electrons. The summed E-state index contributed by atoms with van der Waals surface area (Å²) in [4.78, 5) is 27.1. The van der Waals surface area contributed by atoms with Crippen molar-refractivity contribution >= 4 is 34.4 Å². The van der Waals surface area contributed by atoms with Crippen molar-refractivity contribution in [3.05, 3.63) is 67.3 Å². The van der Waals surface area contributed by atoms with E-state index in [-0.39, 0.29) is 23.6 Å². The van der Waals surface area contributed by atoms with E-state index in [0.717, 1.165) is 29.0 Å². The zero-order valence-electron chi connectivity index (χ0n) is 15.3. The molecule has 0 fully saturated rings. The second-order valence-corrected chi connectivity index (χ2v) is 8.57. The Morgan fingerprint density at radius 2 is 2.15 bits per heavy atom. The van der Waals surface area contributed by atoms with Crippen molar-refractivity contribution in [1.82, 2.24) is 5.32 Å². The van der Waals surface area contributed by atoms with Crippen LogP contribution in [-0.4, -0.2) is 18.4 Å². The number of hydrogen-bond donors (Lipinski definition) is 1. The Kier molecular flexibility index (Phi) is 5.02. The van der Waals surface area contributed by atoms with Gasteiger partial charge in [-0.25, -0.2) is 4.79 Å². The maximum absolute atomic E-state index is 13.2. The Morgan fingerprint density at radius 1 is 1.30 bits per heavy atom. The summed E-state index contributed by atoms with van der Waals surface area (Å²) in [6, 6.07) is 6.12. The molecule has 0 amide bonds. The fourth-order valence-corrected chi connectivity index (χ4v) is 5.53. The Morgan fingerprint density at radius 3 is 2.81 bits per heavy atom. The number of dihydropyridines is 1. The quantitative estimate of drug-likeness (QED) is 0.755. The third kappa shape index (κ3) is 3.28. The third-order valence-corrected chi connectivity index (χ3v) is 6.88. The van der Waals surface area contributed by atoms with Crippen LogP contribution < -0.4 is 5.32 Å². The van der Waals surface area contributed by atoms with Gasteiger partial charge in [0.05, 0.1) is 12.2 Å².